The number of hydrogen-bond donors (Lipinski definition) is 0. The maximum atomic E-state index is 13.8. The summed E-state index contributed by atoms with van der Waals surface area (Å²) in [5, 5.41) is 0. The van der Waals surface area contributed by atoms with Crippen LogP contribution in [-0.4, -0.2) is 12.3 Å². The van der Waals surface area contributed by atoms with Crippen LogP contribution >= 0.6 is 0 Å². The lowest BCUT2D eigenvalue weighted by molar-refractivity contribution is 0.0250. The molecule has 0 aliphatic heterocycles. The standard InChI is InChI=1S/C15H28F2/c1-4-6-11(2)7-5-8-13-10-9-12(3)14(16)15(13)17/h11-15H,4-10H2,1-3H3. The molecule has 0 N–H and O–H groups in total. The number of halogens is 2. The van der Waals surface area contributed by atoms with Gasteiger partial charge in [0.2, 0.25) is 0 Å². The van der Waals surface area contributed by atoms with Crippen LogP contribution in [0.1, 0.15) is 65.7 Å². The first kappa shape index (κ1) is 14.9. The van der Waals surface area contributed by atoms with Gasteiger partial charge in [0.15, 0.2) is 0 Å². The fourth-order valence-corrected chi connectivity index (χ4v) is 3.04. The summed E-state index contributed by atoms with van der Waals surface area (Å²) in [5.74, 6) is 0.636. The number of alkyl halides is 2. The van der Waals surface area contributed by atoms with E-state index in [1.165, 1.54) is 19.3 Å². The maximum absolute atomic E-state index is 13.8. The Balaban J connectivity index is 2.23. The van der Waals surface area contributed by atoms with Crippen molar-refractivity contribution in [3.8, 4) is 0 Å². The third-order valence-corrected chi connectivity index (χ3v) is 4.34. The zero-order chi connectivity index (χ0) is 12.8. The number of rotatable bonds is 6. The Morgan fingerprint density at radius 3 is 2.47 bits per heavy atom. The molecule has 1 aliphatic rings. The van der Waals surface area contributed by atoms with Crippen LogP contribution in [0.2, 0.25) is 0 Å². The van der Waals surface area contributed by atoms with E-state index in [1.807, 2.05) is 6.92 Å². The third-order valence-electron chi connectivity index (χ3n) is 4.34. The molecular weight excluding hydrogens is 218 g/mol. The van der Waals surface area contributed by atoms with Gasteiger partial charge in [-0.05, 0) is 37.0 Å². The van der Waals surface area contributed by atoms with Gasteiger partial charge in [0.25, 0.3) is 0 Å². The minimum atomic E-state index is -1.22. The quantitative estimate of drug-likeness (QED) is 0.595. The molecule has 1 fully saturated rings. The molecule has 2 heteroatoms. The highest BCUT2D eigenvalue weighted by Gasteiger charge is 2.37. The predicted molar refractivity (Wildman–Crippen MR) is 69.6 cm³/mol. The Kier molecular flexibility index (Phi) is 6.43. The van der Waals surface area contributed by atoms with E-state index in [4.69, 9.17) is 0 Å². The normalized spacial score (nSPS) is 35.8. The van der Waals surface area contributed by atoms with Gasteiger partial charge < -0.3 is 0 Å². The average molecular weight is 246 g/mol. The van der Waals surface area contributed by atoms with Crippen LogP contribution in [0.15, 0.2) is 0 Å². The fraction of sp³-hybridized carbons (Fsp3) is 1.00. The van der Waals surface area contributed by atoms with Crippen LogP contribution in [0, 0.1) is 17.8 Å². The Morgan fingerprint density at radius 2 is 1.82 bits per heavy atom. The van der Waals surface area contributed by atoms with Crippen molar-refractivity contribution in [2.45, 2.75) is 78.1 Å². The van der Waals surface area contributed by atoms with Gasteiger partial charge in [-0.25, -0.2) is 8.78 Å². The zero-order valence-corrected chi connectivity index (χ0v) is 11.6. The van der Waals surface area contributed by atoms with Crippen LogP contribution < -0.4 is 0 Å². The van der Waals surface area contributed by atoms with Crippen LogP contribution in [0.25, 0.3) is 0 Å². The van der Waals surface area contributed by atoms with Gasteiger partial charge >= 0.3 is 0 Å². The molecule has 0 radical (unpaired) electrons. The van der Waals surface area contributed by atoms with Gasteiger partial charge in [0.1, 0.15) is 12.3 Å². The maximum Gasteiger partial charge on any atom is 0.134 e. The average Bonchev–Trinajstić information content (AvgIpc) is 2.29. The summed E-state index contributed by atoms with van der Waals surface area (Å²) in [6, 6.07) is 0. The lowest BCUT2D eigenvalue weighted by Gasteiger charge is -2.33. The van der Waals surface area contributed by atoms with Crippen molar-refractivity contribution < 1.29 is 8.78 Å². The van der Waals surface area contributed by atoms with Crippen molar-refractivity contribution in [3.63, 3.8) is 0 Å². The molecule has 5 atom stereocenters. The molecule has 17 heavy (non-hydrogen) atoms. The molecule has 1 rings (SSSR count). The van der Waals surface area contributed by atoms with Crippen molar-refractivity contribution in [1.29, 1.82) is 0 Å². The molecule has 0 nitrogen and oxygen atoms in total. The van der Waals surface area contributed by atoms with E-state index in [0.29, 0.717) is 0 Å². The molecule has 0 aromatic rings. The van der Waals surface area contributed by atoms with Crippen LogP contribution in [0.5, 0.6) is 0 Å². The summed E-state index contributed by atoms with van der Waals surface area (Å²) in [6.07, 6.45) is 4.90. The molecule has 1 saturated carbocycles. The first-order valence-corrected chi connectivity index (χ1v) is 7.34. The monoisotopic (exact) mass is 246 g/mol. The van der Waals surface area contributed by atoms with Crippen molar-refractivity contribution in [3.05, 3.63) is 0 Å². The largest absolute Gasteiger partial charge is 0.244 e. The molecular formula is C15H28F2. The van der Waals surface area contributed by atoms with Crippen LogP contribution in [0.3, 0.4) is 0 Å². The van der Waals surface area contributed by atoms with Crippen molar-refractivity contribution in [2.24, 2.45) is 17.8 Å². The second-order valence-electron chi connectivity index (χ2n) is 6.03. The molecule has 102 valence electrons. The van der Waals surface area contributed by atoms with Gasteiger partial charge in [0, 0.05) is 0 Å². The second-order valence-corrected chi connectivity index (χ2v) is 6.03. The van der Waals surface area contributed by atoms with Gasteiger partial charge in [-0.2, -0.15) is 0 Å². The van der Waals surface area contributed by atoms with Gasteiger partial charge in [0.05, 0.1) is 0 Å². The molecule has 0 saturated heterocycles. The summed E-state index contributed by atoms with van der Waals surface area (Å²) in [6.45, 7) is 6.29. The predicted octanol–water partition coefficient (Wildman–Crippen LogP) is 5.32. The van der Waals surface area contributed by atoms with E-state index in [0.717, 1.165) is 31.6 Å². The first-order chi connectivity index (χ1) is 8.06. The lowest BCUT2D eigenvalue weighted by atomic mass is 9.77. The highest BCUT2D eigenvalue weighted by atomic mass is 19.2. The first-order valence-electron chi connectivity index (χ1n) is 7.34. The van der Waals surface area contributed by atoms with Crippen molar-refractivity contribution >= 4 is 0 Å². The van der Waals surface area contributed by atoms with Gasteiger partial charge in [-0.3, -0.25) is 0 Å². The topological polar surface area (TPSA) is 0 Å². The molecule has 0 spiro atoms. The highest BCUT2D eigenvalue weighted by Crippen LogP contribution is 2.36. The minimum absolute atomic E-state index is 0.0185. The Bertz CT molecular complexity index is 205. The SMILES string of the molecule is CCCC(C)CCCC1CCC(C)C(F)C1F. The summed E-state index contributed by atoms with van der Waals surface area (Å²) < 4.78 is 27.3. The summed E-state index contributed by atoms with van der Waals surface area (Å²) in [4.78, 5) is 0. The van der Waals surface area contributed by atoms with E-state index < -0.39 is 12.3 Å². The summed E-state index contributed by atoms with van der Waals surface area (Å²) in [5.41, 5.74) is 0. The Morgan fingerprint density at radius 1 is 1.12 bits per heavy atom. The second kappa shape index (κ2) is 7.33. The molecule has 0 amide bonds. The lowest BCUT2D eigenvalue weighted by Crippen LogP contribution is -2.36. The molecule has 0 bridgehead atoms. The molecule has 5 unspecified atom stereocenters. The zero-order valence-electron chi connectivity index (χ0n) is 11.6. The van der Waals surface area contributed by atoms with E-state index in [2.05, 4.69) is 13.8 Å². The number of hydrogen-bond acceptors (Lipinski definition) is 0. The van der Waals surface area contributed by atoms with E-state index in [1.54, 1.807) is 0 Å². The molecule has 1 aliphatic carbocycles. The molecule has 0 aromatic carbocycles. The van der Waals surface area contributed by atoms with Crippen molar-refractivity contribution in [2.75, 3.05) is 0 Å². The van der Waals surface area contributed by atoms with Crippen molar-refractivity contribution in [1.82, 2.24) is 0 Å². The minimum Gasteiger partial charge on any atom is -0.244 e. The van der Waals surface area contributed by atoms with Gasteiger partial charge in [-0.15, -0.1) is 0 Å². The summed E-state index contributed by atoms with van der Waals surface area (Å²) >= 11 is 0. The van der Waals surface area contributed by atoms with E-state index in [-0.39, 0.29) is 11.8 Å². The smallest absolute Gasteiger partial charge is 0.134 e. The highest BCUT2D eigenvalue weighted by molar-refractivity contribution is 4.86. The van der Waals surface area contributed by atoms with Crippen LogP contribution in [-0.2, 0) is 0 Å². The Hall–Kier alpha value is -0.140. The Labute approximate surface area is 105 Å². The van der Waals surface area contributed by atoms with Crippen LogP contribution in [0.4, 0.5) is 8.78 Å². The van der Waals surface area contributed by atoms with E-state index >= 15 is 0 Å². The fourth-order valence-electron chi connectivity index (χ4n) is 3.04. The molecule has 0 heterocycles. The third kappa shape index (κ3) is 4.56. The molecule has 0 aromatic heterocycles. The summed E-state index contributed by atoms with van der Waals surface area (Å²) in [7, 11) is 0. The van der Waals surface area contributed by atoms with E-state index in [9.17, 15) is 8.78 Å². The van der Waals surface area contributed by atoms with Gasteiger partial charge in [-0.1, -0.05) is 46.5 Å².